The van der Waals surface area contributed by atoms with Crippen LogP contribution in [0.5, 0.6) is 0 Å². The Kier molecular flexibility index (Phi) is 6.58. The zero-order chi connectivity index (χ0) is 16.8. The fourth-order valence-corrected chi connectivity index (χ4v) is 4.50. The number of thioether (sulfide) groups is 1. The van der Waals surface area contributed by atoms with Crippen LogP contribution in [0.25, 0.3) is 0 Å². The maximum atomic E-state index is 13.4. The molecular weight excluding hydrogens is 320 g/mol. The van der Waals surface area contributed by atoms with E-state index in [4.69, 9.17) is 4.74 Å². The summed E-state index contributed by atoms with van der Waals surface area (Å²) in [5.74, 6) is 2.96. The van der Waals surface area contributed by atoms with Gasteiger partial charge in [-0.05, 0) is 18.9 Å². The summed E-state index contributed by atoms with van der Waals surface area (Å²) in [6.07, 6.45) is 1.07. The SMILES string of the molecule is CCN(C[C@H]1CCOC1)C(=O)[C@H](c1ccccc1)N1CCSCC1. The molecule has 24 heavy (non-hydrogen) atoms. The first-order valence-corrected chi connectivity index (χ1v) is 10.2. The molecule has 0 aliphatic carbocycles. The predicted octanol–water partition coefficient (Wildman–Crippen LogP) is 2.66. The van der Waals surface area contributed by atoms with Gasteiger partial charge >= 0.3 is 0 Å². The lowest BCUT2D eigenvalue weighted by Crippen LogP contribution is -2.47. The lowest BCUT2D eigenvalue weighted by Gasteiger charge is -2.37. The molecule has 4 nitrogen and oxygen atoms in total. The van der Waals surface area contributed by atoms with E-state index in [1.54, 1.807) is 0 Å². The van der Waals surface area contributed by atoms with Crippen LogP contribution in [-0.4, -0.2) is 66.6 Å². The molecule has 1 aromatic carbocycles. The Morgan fingerprint density at radius 1 is 1.33 bits per heavy atom. The quantitative estimate of drug-likeness (QED) is 0.791. The standard InChI is InChI=1S/C19H28N2O2S/c1-2-20(14-16-8-11-23-15-16)19(22)18(17-6-4-3-5-7-17)21-9-12-24-13-10-21/h3-7,16,18H,2,8-15H2,1H3/t16-,18+/m1/s1. The second-order valence-electron chi connectivity index (χ2n) is 6.57. The number of likely N-dealkylation sites (N-methyl/N-ethyl adjacent to an activating group) is 1. The third-order valence-electron chi connectivity index (χ3n) is 4.96. The molecule has 2 saturated heterocycles. The Balaban J connectivity index is 1.78. The van der Waals surface area contributed by atoms with Gasteiger partial charge in [0, 0.05) is 50.2 Å². The molecule has 5 heteroatoms. The highest BCUT2D eigenvalue weighted by molar-refractivity contribution is 7.99. The van der Waals surface area contributed by atoms with Crippen molar-refractivity contribution >= 4 is 17.7 Å². The van der Waals surface area contributed by atoms with Gasteiger partial charge in [0.2, 0.25) is 5.91 Å². The van der Waals surface area contributed by atoms with Crippen molar-refractivity contribution in [3.8, 4) is 0 Å². The van der Waals surface area contributed by atoms with Gasteiger partial charge in [-0.15, -0.1) is 0 Å². The molecule has 0 aromatic heterocycles. The van der Waals surface area contributed by atoms with Gasteiger partial charge in [-0.2, -0.15) is 11.8 Å². The molecule has 132 valence electrons. The Morgan fingerprint density at radius 3 is 2.71 bits per heavy atom. The third kappa shape index (κ3) is 4.32. The van der Waals surface area contributed by atoms with Gasteiger partial charge in [0.05, 0.1) is 6.61 Å². The fourth-order valence-electron chi connectivity index (χ4n) is 3.57. The van der Waals surface area contributed by atoms with Gasteiger partial charge < -0.3 is 9.64 Å². The van der Waals surface area contributed by atoms with Crippen LogP contribution in [-0.2, 0) is 9.53 Å². The molecule has 1 amide bonds. The molecule has 0 radical (unpaired) electrons. The van der Waals surface area contributed by atoms with Gasteiger partial charge in [-0.3, -0.25) is 9.69 Å². The first-order chi connectivity index (χ1) is 11.8. The largest absolute Gasteiger partial charge is 0.381 e. The van der Waals surface area contributed by atoms with E-state index in [-0.39, 0.29) is 11.9 Å². The maximum Gasteiger partial charge on any atom is 0.244 e. The first-order valence-electron chi connectivity index (χ1n) is 9.03. The van der Waals surface area contributed by atoms with Gasteiger partial charge in [0.25, 0.3) is 0 Å². The molecule has 2 atom stereocenters. The molecule has 0 unspecified atom stereocenters. The molecule has 1 aromatic rings. The van der Waals surface area contributed by atoms with Crippen molar-refractivity contribution in [1.82, 2.24) is 9.80 Å². The van der Waals surface area contributed by atoms with Gasteiger partial charge in [-0.25, -0.2) is 0 Å². The number of benzene rings is 1. The minimum absolute atomic E-state index is 0.144. The van der Waals surface area contributed by atoms with Gasteiger partial charge in [0.15, 0.2) is 0 Å². The summed E-state index contributed by atoms with van der Waals surface area (Å²) in [6, 6.07) is 10.1. The van der Waals surface area contributed by atoms with Crippen molar-refractivity contribution < 1.29 is 9.53 Å². The van der Waals surface area contributed by atoms with Crippen LogP contribution < -0.4 is 0 Å². The Morgan fingerprint density at radius 2 is 2.08 bits per heavy atom. The van der Waals surface area contributed by atoms with Crippen molar-refractivity contribution in [1.29, 1.82) is 0 Å². The number of nitrogens with zero attached hydrogens (tertiary/aromatic N) is 2. The smallest absolute Gasteiger partial charge is 0.244 e. The first kappa shape index (κ1) is 17.8. The predicted molar refractivity (Wildman–Crippen MR) is 99.3 cm³/mol. The number of hydrogen-bond donors (Lipinski definition) is 0. The van der Waals surface area contributed by atoms with Crippen LogP contribution in [0.2, 0.25) is 0 Å². The lowest BCUT2D eigenvalue weighted by atomic mass is 10.0. The molecule has 2 fully saturated rings. The minimum Gasteiger partial charge on any atom is -0.381 e. The molecule has 0 bridgehead atoms. The van der Waals surface area contributed by atoms with E-state index in [0.717, 1.165) is 62.9 Å². The number of hydrogen-bond acceptors (Lipinski definition) is 4. The summed E-state index contributed by atoms with van der Waals surface area (Å²) in [6.45, 7) is 7.27. The van der Waals surface area contributed by atoms with Crippen LogP contribution in [0, 0.1) is 5.92 Å². The van der Waals surface area contributed by atoms with E-state index in [9.17, 15) is 4.79 Å². The summed E-state index contributed by atoms with van der Waals surface area (Å²) >= 11 is 1.98. The van der Waals surface area contributed by atoms with E-state index in [1.807, 2.05) is 34.9 Å². The average Bonchev–Trinajstić information content (AvgIpc) is 3.15. The van der Waals surface area contributed by atoms with Crippen molar-refractivity contribution in [3.05, 3.63) is 35.9 Å². The fraction of sp³-hybridized carbons (Fsp3) is 0.632. The Bertz CT molecular complexity index is 513. The van der Waals surface area contributed by atoms with Crippen molar-refractivity contribution in [3.63, 3.8) is 0 Å². The second kappa shape index (κ2) is 8.88. The number of rotatable bonds is 6. The molecule has 2 heterocycles. The third-order valence-corrected chi connectivity index (χ3v) is 5.90. The highest BCUT2D eigenvalue weighted by Gasteiger charge is 2.33. The Hall–Kier alpha value is -1.04. The van der Waals surface area contributed by atoms with Crippen molar-refractivity contribution in [2.45, 2.75) is 19.4 Å². The maximum absolute atomic E-state index is 13.4. The molecule has 3 rings (SSSR count). The summed E-state index contributed by atoms with van der Waals surface area (Å²) < 4.78 is 5.49. The van der Waals surface area contributed by atoms with Crippen LogP contribution in [0.3, 0.4) is 0 Å². The molecule has 0 N–H and O–H groups in total. The van der Waals surface area contributed by atoms with Gasteiger partial charge in [0.1, 0.15) is 6.04 Å². The van der Waals surface area contributed by atoms with E-state index in [1.165, 1.54) is 0 Å². The zero-order valence-corrected chi connectivity index (χ0v) is 15.3. The van der Waals surface area contributed by atoms with Crippen LogP contribution in [0.4, 0.5) is 0 Å². The number of carbonyl (C=O) groups excluding carboxylic acids is 1. The van der Waals surface area contributed by atoms with Crippen LogP contribution in [0.15, 0.2) is 30.3 Å². The zero-order valence-electron chi connectivity index (χ0n) is 14.5. The molecule has 0 saturated carbocycles. The number of ether oxygens (including phenoxy) is 1. The number of amides is 1. The van der Waals surface area contributed by atoms with Crippen molar-refractivity contribution in [2.75, 3.05) is 50.9 Å². The van der Waals surface area contributed by atoms with E-state index in [0.29, 0.717) is 5.92 Å². The molecule has 2 aliphatic heterocycles. The summed E-state index contributed by atoms with van der Waals surface area (Å²) in [7, 11) is 0. The molecule has 2 aliphatic rings. The lowest BCUT2D eigenvalue weighted by molar-refractivity contribution is -0.137. The van der Waals surface area contributed by atoms with Gasteiger partial charge in [-0.1, -0.05) is 30.3 Å². The van der Waals surface area contributed by atoms with Crippen molar-refractivity contribution in [2.24, 2.45) is 5.92 Å². The summed E-state index contributed by atoms with van der Waals surface area (Å²) in [5, 5.41) is 0. The van der Waals surface area contributed by atoms with Crippen LogP contribution in [0.1, 0.15) is 24.9 Å². The highest BCUT2D eigenvalue weighted by Crippen LogP contribution is 2.27. The molecular formula is C19H28N2O2S. The summed E-state index contributed by atoms with van der Waals surface area (Å²) in [4.78, 5) is 17.8. The topological polar surface area (TPSA) is 32.8 Å². The van der Waals surface area contributed by atoms with Crippen LogP contribution >= 0.6 is 11.8 Å². The van der Waals surface area contributed by atoms with E-state index >= 15 is 0 Å². The molecule has 0 spiro atoms. The minimum atomic E-state index is -0.144. The monoisotopic (exact) mass is 348 g/mol. The normalized spacial score (nSPS) is 23.1. The average molecular weight is 349 g/mol. The highest BCUT2D eigenvalue weighted by atomic mass is 32.2. The van der Waals surface area contributed by atoms with E-state index < -0.39 is 0 Å². The Labute approximate surface area is 149 Å². The number of carbonyl (C=O) groups is 1. The summed E-state index contributed by atoms with van der Waals surface area (Å²) in [5.41, 5.74) is 1.12. The van der Waals surface area contributed by atoms with E-state index in [2.05, 4.69) is 24.0 Å². The second-order valence-corrected chi connectivity index (χ2v) is 7.79.